The third-order valence-electron chi connectivity index (χ3n) is 2.20. The second kappa shape index (κ2) is 7.50. The first-order chi connectivity index (χ1) is 8.63. The van der Waals surface area contributed by atoms with E-state index in [0.717, 1.165) is 11.3 Å². The first-order valence-corrected chi connectivity index (χ1v) is 5.99. The fourth-order valence-electron chi connectivity index (χ4n) is 1.38. The Morgan fingerprint density at radius 2 is 2.22 bits per heavy atom. The minimum absolute atomic E-state index is 0.234. The number of rotatable bonds is 6. The Hall–Kier alpha value is -1.81. The van der Waals surface area contributed by atoms with Crippen molar-refractivity contribution in [1.82, 2.24) is 5.32 Å². The van der Waals surface area contributed by atoms with Gasteiger partial charge in [-0.3, -0.25) is 4.79 Å². The van der Waals surface area contributed by atoms with E-state index in [9.17, 15) is 4.79 Å². The van der Waals surface area contributed by atoms with Crippen LogP contribution in [0.1, 0.15) is 19.4 Å². The third kappa shape index (κ3) is 5.01. The van der Waals surface area contributed by atoms with Crippen LogP contribution < -0.4 is 10.1 Å². The van der Waals surface area contributed by atoms with E-state index in [-0.39, 0.29) is 12.5 Å². The van der Waals surface area contributed by atoms with E-state index in [1.165, 1.54) is 6.08 Å². The molecule has 1 amide bonds. The fourth-order valence-corrected chi connectivity index (χ4v) is 1.38. The zero-order chi connectivity index (χ0) is 13.4. The predicted octanol–water partition coefficient (Wildman–Crippen LogP) is 1.60. The van der Waals surface area contributed by atoms with Crippen LogP contribution in [-0.4, -0.2) is 30.3 Å². The van der Waals surface area contributed by atoms with E-state index in [0.29, 0.717) is 6.61 Å². The summed E-state index contributed by atoms with van der Waals surface area (Å²) >= 11 is 0. The maximum atomic E-state index is 11.4. The lowest BCUT2D eigenvalue weighted by Crippen LogP contribution is -2.28. The van der Waals surface area contributed by atoms with Crippen LogP contribution in [0.2, 0.25) is 0 Å². The van der Waals surface area contributed by atoms with Crippen molar-refractivity contribution in [2.24, 2.45) is 0 Å². The van der Waals surface area contributed by atoms with E-state index < -0.39 is 6.10 Å². The van der Waals surface area contributed by atoms with Crippen molar-refractivity contribution >= 4 is 12.0 Å². The van der Waals surface area contributed by atoms with Crippen molar-refractivity contribution in [3.8, 4) is 5.75 Å². The van der Waals surface area contributed by atoms with Crippen LogP contribution in [0.25, 0.3) is 6.08 Å². The van der Waals surface area contributed by atoms with Crippen LogP contribution in [0.5, 0.6) is 5.75 Å². The normalized spacial score (nSPS) is 12.4. The van der Waals surface area contributed by atoms with Gasteiger partial charge in [0.15, 0.2) is 0 Å². The zero-order valence-electron chi connectivity index (χ0n) is 10.7. The summed E-state index contributed by atoms with van der Waals surface area (Å²) in [7, 11) is 0. The van der Waals surface area contributed by atoms with E-state index in [2.05, 4.69) is 5.32 Å². The summed E-state index contributed by atoms with van der Waals surface area (Å²) < 4.78 is 5.44. The van der Waals surface area contributed by atoms with Gasteiger partial charge in [-0.15, -0.1) is 0 Å². The number of amides is 1. The molecular formula is C14H19NO3. The SMILES string of the molecule is CCOc1ccccc1/C=C/C(=O)NCC(C)O. The molecule has 1 rings (SSSR count). The predicted molar refractivity (Wildman–Crippen MR) is 71.3 cm³/mol. The van der Waals surface area contributed by atoms with Crippen molar-refractivity contribution in [1.29, 1.82) is 0 Å². The van der Waals surface area contributed by atoms with Crippen LogP contribution in [-0.2, 0) is 4.79 Å². The van der Waals surface area contributed by atoms with Gasteiger partial charge in [0, 0.05) is 18.2 Å². The Morgan fingerprint density at radius 3 is 2.89 bits per heavy atom. The molecule has 98 valence electrons. The van der Waals surface area contributed by atoms with Crippen LogP contribution in [0.4, 0.5) is 0 Å². The molecule has 0 radical (unpaired) electrons. The van der Waals surface area contributed by atoms with Crippen LogP contribution in [0.3, 0.4) is 0 Å². The number of hydrogen-bond donors (Lipinski definition) is 2. The lowest BCUT2D eigenvalue weighted by atomic mass is 10.2. The van der Waals surface area contributed by atoms with Crippen molar-refractivity contribution in [2.45, 2.75) is 20.0 Å². The topological polar surface area (TPSA) is 58.6 Å². The van der Waals surface area contributed by atoms with Crippen LogP contribution >= 0.6 is 0 Å². The highest BCUT2D eigenvalue weighted by Crippen LogP contribution is 2.19. The Labute approximate surface area is 107 Å². The minimum atomic E-state index is -0.543. The Kier molecular flexibility index (Phi) is 5.94. The molecule has 1 atom stereocenters. The fraction of sp³-hybridized carbons (Fsp3) is 0.357. The van der Waals surface area contributed by atoms with Gasteiger partial charge < -0.3 is 15.2 Å². The van der Waals surface area contributed by atoms with Gasteiger partial charge in [0.1, 0.15) is 5.75 Å². The molecule has 0 saturated heterocycles. The number of aliphatic hydroxyl groups is 1. The number of nitrogens with one attached hydrogen (secondary N) is 1. The molecule has 4 heteroatoms. The van der Waals surface area contributed by atoms with Crippen LogP contribution in [0.15, 0.2) is 30.3 Å². The molecule has 18 heavy (non-hydrogen) atoms. The quantitative estimate of drug-likeness (QED) is 0.753. The number of benzene rings is 1. The third-order valence-corrected chi connectivity index (χ3v) is 2.20. The summed E-state index contributed by atoms with van der Waals surface area (Å²) in [6.07, 6.45) is 2.58. The molecule has 1 aromatic carbocycles. The molecule has 0 heterocycles. The zero-order valence-corrected chi connectivity index (χ0v) is 10.7. The van der Waals surface area contributed by atoms with Gasteiger partial charge in [0.05, 0.1) is 12.7 Å². The smallest absolute Gasteiger partial charge is 0.244 e. The molecule has 1 aromatic rings. The van der Waals surface area contributed by atoms with Crippen LogP contribution in [0, 0.1) is 0 Å². The van der Waals surface area contributed by atoms with Gasteiger partial charge >= 0.3 is 0 Å². The first-order valence-electron chi connectivity index (χ1n) is 5.99. The lowest BCUT2D eigenvalue weighted by molar-refractivity contribution is -0.116. The summed E-state index contributed by atoms with van der Waals surface area (Å²) in [4.78, 5) is 11.4. The van der Waals surface area contributed by atoms with Gasteiger partial charge in [-0.1, -0.05) is 18.2 Å². The summed E-state index contributed by atoms with van der Waals surface area (Å²) in [6.45, 7) is 4.36. The highest BCUT2D eigenvalue weighted by Gasteiger charge is 2.01. The number of para-hydroxylation sites is 1. The van der Waals surface area contributed by atoms with Gasteiger partial charge in [0.25, 0.3) is 0 Å². The molecular weight excluding hydrogens is 230 g/mol. The summed E-state index contributed by atoms with van der Waals surface area (Å²) in [5.74, 6) is 0.516. The average molecular weight is 249 g/mol. The van der Waals surface area contributed by atoms with E-state index >= 15 is 0 Å². The van der Waals surface area contributed by atoms with Crippen molar-refractivity contribution in [3.63, 3.8) is 0 Å². The molecule has 0 aliphatic carbocycles. The largest absolute Gasteiger partial charge is 0.493 e. The first kappa shape index (κ1) is 14.3. The van der Waals surface area contributed by atoms with Crippen molar-refractivity contribution in [2.75, 3.05) is 13.2 Å². The number of aliphatic hydroxyl groups excluding tert-OH is 1. The Balaban J connectivity index is 2.63. The summed E-state index contributed by atoms with van der Waals surface area (Å²) in [6, 6.07) is 7.51. The maximum absolute atomic E-state index is 11.4. The lowest BCUT2D eigenvalue weighted by Gasteiger charge is -2.06. The van der Waals surface area contributed by atoms with Gasteiger partial charge in [-0.25, -0.2) is 0 Å². The molecule has 2 N–H and O–H groups in total. The Morgan fingerprint density at radius 1 is 1.50 bits per heavy atom. The van der Waals surface area contributed by atoms with E-state index in [1.807, 2.05) is 31.2 Å². The molecule has 0 aromatic heterocycles. The Bertz CT molecular complexity index is 413. The molecule has 0 fully saturated rings. The second-order valence-electron chi connectivity index (χ2n) is 3.90. The number of carbonyl (C=O) groups is 1. The van der Waals surface area contributed by atoms with Gasteiger partial charge in [-0.05, 0) is 26.0 Å². The molecule has 0 bridgehead atoms. The van der Waals surface area contributed by atoms with E-state index in [1.54, 1.807) is 13.0 Å². The highest BCUT2D eigenvalue weighted by atomic mass is 16.5. The van der Waals surface area contributed by atoms with Crippen molar-refractivity contribution < 1.29 is 14.6 Å². The molecule has 0 aliphatic heterocycles. The van der Waals surface area contributed by atoms with Gasteiger partial charge in [0.2, 0.25) is 5.91 Å². The molecule has 0 saturated carbocycles. The van der Waals surface area contributed by atoms with E-state index in [4.69, 9.17) is 9.84 Å². The highest BCUT2D eigenvalue weighted by molar-refractivity contribution is 5.92. The number of carbonyl (C=O) groups excluding carboxylic acids is 1. The van der Waals surface area contributed by atoms with Crippen molar-refractivity contribution in [3.05, 3.63) is 35.9 Å². The summed E-state index contributed by atoms with van der Waals surface area (Å²) in [5, 5.41) is 11.6. The molecule has 4 nitrogen and oxygen atoms in total. The van der Waals surface area contributed by atoms with Gasteiger partial charge in [-0.2, -0.15) is 0 Å². The maximum Gasteiger partial charge on any atom is 0.244 e. The minimum Gasteiger partial charge on any atom is -0.493 e. The molecule has 0 aliphatic rings. The second-order valence-corrected chi connectivity index (χ2v) is 3.90. The number of hydrogen-bond acceptors (Lipinski definition) is 3. The molecule has 0 spiro atoms. The average Bonchev–Trinajstić information content (AvgIpc) is 2.35. The standard InChI is InChI=1S/C14H19NO3/c1-3-18-13-7-5-4-6-12(13)8-9-14(17)15-10-11(2)16/h4-9,11,16H,3,10H2,1-2H3,(H,15,17)/b9-8+. The summed E-state index contributed by atoms with van der Waals surface area (Å²) in [5.41, 5.74) is 0.853. The number of ether oxygens (including phenoxy) is 1. The molecule has 1 unspecified atom stereocenters. The monoisotopic (exact) mass is 249 g/mol.